The predicted octanol–water partition coefficient (Wildman–Crippen LogP) is 3.54. The second-order valence-electron chi connectivity index (χ2n) is 5.39. The van der Waals surface area contributed by atoms with Crippen LogP contribution >= 0.6 is 0 Å². The molecule has 100 valence electrons. The molecule has 0 radical (unpaired) electrons. The first-order valence-corrected chi connectivity index (χ1v) is 6.58. The zero-order valence-electron chi connectivity index (χ0n) is 12.1. The molecular weight excluding hydrogens is 232 g/mol. The van der Waals surface area contributed by atoms with Gasteiger partial charge in [-0.15, -0.1) is 0 Å². The Morgan fingerprint density at radius 3 is 2.16 bits per heavy atom. The van der Waals surface area contributed by atoms with Crippen LogP contribution in [0.4, 0.5) is 5.69 Å². The average molecular weight is 254 g/mol. The fraction of sp³-hybridized carbons (Fsp3) is 0.294. The molecule has 0 saturated carbocycles. The van der Waals surface area contributed by atoms with Crippen LogP contribution in [0.5, 0.6) is 0 Å². The smallest absolute Gasteiger partial charge is 0.0599 e. The first-order chi connectivity index (χ1) is 8.99. The minimum atomic E-state index is 0.264. The number of nitrogens with two attached hydrogens (primary N) is 1. The Labute approximate surface area is 115 Å². The summed E-state index contributed by atoms with van der Waals surface area (Å²) in [6.07, 6.45) is 0. The number of rotatable bonds is 3. The number of hydrogen-bond acceptors (Lipinski definition) is 2. The van der Waals surface area contributed by atoms with Gasteiger partial charge in [0.1, 0.15) is 0 Å². The first kappa shape index (κ1) is 13.6. The summed E-state index contributed by atoms with van der Waals surface area (Å²) in [4.78, 5) is 2.24. The van der Waals surface area contributed by atoms with Crippen molar-refractivity contribution in [1.29, 1.82) is 0 Å². The molecule has 2 N–H and O–H groups in total. The molecule has 0 aliphatic carbocycles. The van der Waals surface area contributed by atoms with E-state index in [0.717, 1.165) is 5.69 Å². The van der Waals surface area contributed by atoms with Crippen LogP contribution in [0.1, 0.15) is 28.3 Å². The molecule has 0 saturated heterocycles. The lowest BCUT2D eigenvalue weighted by molar-refractivity contribution is 0.341. The number of aryl methyl sites for hydroxylation is 2. The van der Waals surface area contributed by atoms with Gasteiger partial charge < -0.3 is 5.73 Å². The minimum Gasteiger partial charge on any atom is -0.399 e. The summed E-state index contributed by atoms with van der Waals surface area (Å²) < 4.78 is 0. The first-order valence-electron chi connectivity index (χ1n) is 6.58. The van der Waals surface area contributed by atoms with Crippen molar-refractivity contribution in [2.24, 2.45) is 0 Å². The van der Waals surface area contributed by atoms with E-state index in [9.17, 15) is 0 Å². The summed E-state index contributed by atoms with van der Waals surface area (Å²) in [6, 6.07) is 15.1. The Kier molecular flexibility index (Phi) is 3.91. The summed E-state index contributed by atoms with van der Waals surface area (Å²) in [7, 11) is 4.23. The molecule has 0 fully saturated rings. The van der Waals surface area contributed by atoms with Gasteiger partial charge in [0, 0.05) is 5.69 Å². The lowest BCUT2D eigenvalue weighted by Crippen LogP contribution is -2.22. The van der Waals surface area contributed by atoms with Crippen LogP contribution in [-0.2, 0) is 0 Å². The standard InChI is InChI=1S/C17H22N2/c1-12-5-6-13(2)16(11-12)17(19(3)4)14-7-9-15(18)10-8-14/h5-11,17H,18H2,1-4H3. The van der Waals surface area contributed by atoms with E-state index in [2.05, 4.69) is 63.2 Å². The third kappa shape index (κ3) is 2.96. The van der Waals surface area contributed by atoms with Gasteiger partial charge in [0.15, 0.2) is 0 Å². The second-order valence-corrected chi connectivity index (χ2v) is 5.39. The van der Waals surface area contributed by atoms with Crippen LogP contribution in [0.2, 0.25) is 0 Å². The third-order valence-corrected chi connectivity index (χ3v) is 3.50. The number of benzene rings is 2. The number of anilines is 1. The van der Waals surface area contributed by atoms with Gasteiger partial charge in [-0.3, -0.25) is 4.90 Å². The average Bonchev–Trinajstić information content (AvgIpc) is 2.36. The van der Waals surface area contributed by atoms with Crippen LogP contribution < -0.4 is 5.73 Å². The monoisotopic (exact) mass is 254 g/mol. The minimum absolute atomic E-state index is 0.264. The molecule has 0 aliphatic heterocycles. The van der Waals surface area contributed by atoms with E-state index in [0.29, 0.717) is 0 Å². The van der Waals surface area contributed by atoms with Crippen LogP contribution in [0.15, 0.2) is 42.5 Å². The molecule has 0 aromatic heterocycles. The molecular formula is C17H22N2. The Hall–Kier alpha value is -1.80. The van der Waals surface area contributed by atoms with Gasteiger partial charge in [0.25, 0.3) is 0 Å². The second kappa shape index (κ2) is 5.45. The maximum Gasteiger partial charge on any atom is 0.0599 e. The molecule has 2 rings (SSSR count). The molecule has 19 heavy (non-hydrogen) atoms. The SMILES string of the molecule is Cc1ccc(C)c(C(c2ccc(N)cc2)N(C)C)c1. The van der Waals surface area contributed by atoms with E-state index in [1.165, 1.54) is 22.3 Å². The summed E-state index contributed by atoms with van der Waals surface area (Å²) >= 11 is 0. The van der Waals surface area contributed by atoms with Crippen molar-refractivity contribution in [1.82, 2.24) is 4.90 Å². The number of nitrogen functional groups attached to an aromatic ring is 1. The normalized spacial score (nSPS) is 12.7. The molecule has 2 heteroatoms. The van der Waals surface area contributed by atoms with E-state index in [1.807, 2.05) is 12.1 Å². The van der Waals surface area contributed by atoms with Gasteiger partial charge >= 0.3 is 0 Å². The Bertz CT molecular complexity index is 556. The molecule has 0 amide bonds. The van der Waals surface area contributed by atoms with Gasteiger partial charge in [-0.05, 0) is 56.8 Å². The highest BCUT2D eigenvalue weighted by Gasteiger charge is 2.18. The van der Waals surface area contributed by atoms with Gasteiger partial charge in [-0.2, -0.15) is 0 Å². The van der Waals surface area contributed by atoms with Crippen LogP contribution in [0.3, 0.4) is 0 Å². The molecule has 1 atom stereocenters. The molecule has 1 unspecified atom stereocenters. The maximum atomic E-state index is 5.78. The fourth-order valence-electron chi connectivity index (χ4n) is 2.49. The van der Waals surface area contributed by atoms with E-state index >= 15 is 0 Å². The fourth-order valence-corrected chi connectivity index (χ4v) is 2.49. The van der Waals surface area contributed by atoms with Gasteiger partial charge in [0.2, 0.25) is 0 Å². The molecule has 2 aromatic rings. The zero-order valence-corrected chi connectivity index (χ0v) is 12.1. The molecule has 2 nitrogen and oxygen atoms in total. The Balaban J connectivity index is 2.51. The van der Waals surface area contributed by atoms with Crippen molar-refractivity contribution in [3.05, 3.63) is 64.7 Å². The number of nitrogens with zero attached hydrogens (tertiary/aromatic N) is 1. The lowest BCUT2D eigenvalue weighted by atomic mass is 9.93. The topological polar surface area (TPSA) is 29.3 Å². The van der Waals surface area contributed by atoms with Crippen molar-refractivity contribution in [3.63, 3.8) is 0 Å². The van der Waals surface area contributed by atoms with Crippen molar-refractivity contribution in [2.45, 2.75) is 19.9 Å². The Morgan fingerprint density at radius 1 is 0.947 bits per heavy atom. The molecule has 0 aliphatic rings. The molecule has 2 aromatic carbocycles. The van der Waals surface area contributed by atoms with Crippen molar-refractivity contribution in [2.75, 3.05) is 19.8 Å². The quantitative estimate of drug-likeness (QED) is 0.849. The number of hydrogen-bond donors (Lipinski definition) is 1. The van der Waals surface area contributed by atoms with Crippen LogP contribution in [0.25, 0.3) is 0 Å². The molecule has 0 heterocycles. The van der Waals surface area contributed by atoms with Crippen LogP contribution in [0, 0.1) is 13.8 Å². The highest BCUT2D eigenvalue weighted by atomic mass is 15.1. The van der Waals surface area contributed by atoms with Crippen LogP contribution in [-0.4, -0.2) is 19.0 Å². The van der Waals surface area contributed by atoms with Crippen molar-refractivity contribution < 1.29 is 0 Å². The van der Waals surface area contributed by atoms with E-state index in [4.69, 9.17) is 5.73 Å². The van der Waals surface area contributed by atoms with E-state index < -0.39 is 0 Å². The van der Waals surface area contributed by atoms with Gasteiger partial charge in [-0.1, -0.05) is 35.9 Å². The van der Waals surface area contributed by atoms with E-state index in [-0.39, 0.29) is 6.04 Å². The van der Waals surface area contributed by atoms with E-state index in [1.54, 1.807) is 0 Å². The Morgan fingerprint density at radius 2 is 1.58 bits per heavy atom. The lowest BCUT2D eigenvalue weighted by Gasteiger charge is -2.27. The summed E-state index contributed by atoms with van der Waals surface area (Å²) in [5.74, 6) is 0. The zero-order chi connectivity index (χ0) is 14.0. The molecule has 0 bridgehead atoms. The highest BCUT2D eigenvalue weighted by Crippen LogP contribution is 2.30. The van der Waals surface area contributed by atoms with Crippen molar-refractivity contribution >= 4 is 5.69 Å². The summed E-state index contributed by atoms with van der Waals surface area (Å²) in [6.45, 7) is 4.31. The predicted molar refractivity (Wildman–Crippen MR) is 82.3 cm³/mol. The third-order valence-electron chi connectivity index (χ3n) is 3.50. The maximum absolute atomic E-state index is 5.78. The largest absolute Gasteiger partial charge is 0.399 e. The summed E-state index contributed by atoms with van der Waals surface area (Å²) in [5.41, 5.74) is 11.8. The van der Waals surface area contributed by atoms with Crippen molar-refractivity contribution in [3.8, 4) is 0 Å². The van der Waals surface area contributed by atoms with Gasteiger partial charge in [-0.25, -0.2) is 0 Å². The molecule has 0 spiro atoms. The summed E-state index contributed by atoms with van der Waals surface area (Å²) in [5, 5.41) is 0. The van der Waals surface area contributed by atoms with Gasteiger partial charge in [0.05, 0.1) is 6.04 Å². The highest BCUT2D eigenvalue weighted by molar-refractivity contribution is 5.44.